The van der Waals surface area contributed by atoms with Crippen molar-refractivity contribution >= 4 is 67.2 Å². The van der Waals surface area contributed by atoms with Crippen LogP contribution in [0.15, 0.2) is 54.6 Å². The maximum atomic E-state index is 12.9. The first kappa shape index (κ1) is 38.4. The first-order valence-electron chi connectivity index (χ1n) is 17.1. The Labute approximate surface area is 300 Å². The number of rotatable bonds is 3. The van der Waals surface area contributed by atoms with Gasteiger partial charge in [-0.15, -0.1) is 35.1 Å². The lowest BCUT2D eigenvalue weighted by Gasteiger charge is -2.56. The van der Waals surface area contributed by atoms with Crippen LogP contribution in [0.5, 0.6) is 0 Å². The number of halogens is 1. The number of carbonyl (C=O) groups is 1. The van der Waals surface area contributed by atoms with E-state index in [1.807, 2.05) is 17.4 Å². The third-order valence-corrected chi connectivity index (χ3v) is 13.5. The summed E-state index contributed by atoms with van der Waals surface area (Å²) in [5.41, 5.74) is 7.48. The lowest BCUT2D eigenvalue weighted by molar-refractivity contribution is -0.191. The summed E-state index contributed by atoms with van der Waals surface area (Å²) < 4.78 is 2.63. The van der Waals surface area contributed by atoms with Crippen molar-refractivity contribution in [1.29, 1.82) is 0 Å². The van der Waals surface area contributed by atoms with Crippen molar-refractivity contribution in [2.75, 3.05) is 26.2 Å². The highest BCUT2D eigenvalue weighted by atomic mass is 35.5. The van der Waals surface area contributed by atoms with E-state index in [2.05, 4.69) is 99.9 Å². The van der Waals surface area contributed by atoms with Crippen LogP contribution in [0.25, 0.3) is 20.2 Å². The van der Waals surface area contributed by atoms with Crippen LogP contribution in [0.3, 0.4) is 0 Å². The lowest BCUT2D eigenvalue weighted by Crippen LogP contribution is -2.67. The molecule has 0 amide bonds. The van der Waals surface area contributed by atoms with Gasteiger partial charge in [0.05, 0.1) is 0 Å². The van der Waals surface area contributed by atoms with E-state index in [0.717, 1.165) is 17.4 Å². The Kier molecular flexibility index (Phi) is 12.9. The monoisotopic (exact) mass is 709 g/mol. The first-order valence-corrected chi connectivity index (χ1v) is 18.7. The molecule has 4 bridgehead atoms. The molecule has 0 spiro atoms. The number of hydrogen-bond acceptors (Lipinski definition) is 8. The van der Waals surface area contributed by atoms with Crippen LogP contribution in [0.1, 0.15) is 79.9 Å². The van der Waals surface area contributed by atoms with Gasteiger partial charge >= 0.3 is 6.15 Å². The minimum atomic E-state index is 0. The number of benzene rings is 2. The summed E-state index contributed by atoms with van der Waals surface area (Å²) in [6.45, 7) is 18.5. The number of thiophene rings is 2. The second-order valence-corrected chi connectivity index (χ2v) is 17.4. The summed E-state index contributed by atoms with van der Waals surface area (Å²) in [4.78, 5) is 37.0. The molecule has 4 aromatic rings. The van der Waals surface area contributed by atoms with Crippen molar-refractivity contribution in [2.24, 2.45) is 23.5 Å². The van der Waals surface area contributed by atoms with Crippen molar-refractivity contribution < 1.29 is 14.4 Å². The molecule has 260 valence electrons. The largest absolute Gasteiger partial charge is 0.373 e. The van der Waals surface area contributed by atoms with E-state index in [0.29, 0.717) is 24.2 Å². The molecule has 6 fully saturated rings. The third kappa shape index (κ3) is 8.30. The Morgan fingerprint density at radius 1 is 0.771 bits per heavy atom. The van der Waals surface area contributed by atoms with E-state index in [9.17, 15) is 4.79 Å². The highest BCUT2D eigenvalue weighted by molar-refractivity contribution is 7.19. The Bertz CT molecular complexity index is 1670. The minimum Gasteiger partial charge on any atom is -0.326 e. The molecule has 0 radical (unpaired) electrons. The van der Waals surface area contributed by atoms with Gasteiger partial charge in [0.1, 0.15) is 0 Å². The van der Waals surface area contributed by atoms with Gasteiger partial charge in [-0.25, -0.2) is 0 Å². The zero-order chi connectivity index (χ0) is 33.9. The average molecular weight is 710 g/mol. The number of piperidine rings is 6. The van der Waals surface area contributed by atoms with Crippen LogP contribution >= 0.6 is 35.1 Å². The summed E-state index contributed by atoms with van der Waals surface area (Å²) in [5.74, 6) is 2.35. The number of carbonyl (C=O) groups excluding carboxylic acids is 3. The van der Waals surface area contributed by atoms with Crippen LogP contribution in [-0.4, -0.2) is 65.0 Å². The van der Waals surface area contributed by atoms with Gasteiger partial charge in [0.2, 0.25) is 0 Å². The molecule has 2 N–H and O–H groups in total. The van der Waals surface area contributed by atoms with Gasteiger partial charge in [0.25, 0.3) is 0 Å². The Balaban J connectivity index is 0.000000173. The molecule has 0 unspecified atom stereocenters. The van der Waals surface area contributed by atoms with E-state index >= 15 is 0 Å². The quantitative estimate of drug-likeness (QED) is 0.214. The number of fused-ring (bicyclic) bond motifs is 8. The molecule has 6 nitrogen and oxygen atoms in total. The van der Waals surface area contributed by atoms with Gasteiger partial charge < -0.3 is 5.73 Å². The number of Topliss-reactive ketones (excluding diaryl/α,β-unsaturated/α-hetero) is 1. The predicted octanol–water partition coefficient (Wildman–Crippen LogP) is 8.77. The van der Waals surface area contributed by atoms with Crippen molar-refractivity contribution in [2.45, 2.75) is 90.8 Å². The molecular formula is C39H52ClN3O3S2. The minimum absolute atomic E-state index is 0. The first-order chi connectivity index (χ1) is 22.3. The van der Waals surface area contributed by atoms with Crippen molar-refractivity contribution in [3.8, 4) is 0 Å². The molecule has 2 aromatic heterocycles. The van der Waals surface area contributed by atoms with E-state index in [1.54, 1.807) is 11.3 Å². The highest BCUT2D eigenvalue weighted by Gasteiger charge is 2.48. The molecule has 0 aliphatic carbocycles. The third-order valence-electron chi connectivity index (χ3n) is 11.4. The summed E-state index contributed by atoms with van der Waals surface area (Å²) in [6.07, 6.45) is 6.13. The van der Waals surface area contributed by atoms with Crippen molar-refractivity contribution in [3.63, 3.8) is 0 Å². The lowest BCUT2D eigenvalue weighted by atomic mass is 9.65. The van der Waals surface area contributed by atoms with Crippen molar-refractivity contribution in [3.05, 3.63) is 69.9 Å². The van der Waals surface area contributed by atoms with E-state index in [4.69, 9.17) is 15.3 Å². The molecule has 2 aromatic carbocycles. The molecule has 9 heteroatoms. The normalized spacial score (nSPS) is 27.2. The molecule has 10 rings (SSSR count). The maximum Gasteiger partial charge on any atom is 0.373 e. The molecular weight excluding hydrogens is 658 g/mol. The second kappa shape index (κ2) is 16.1. The number of aryl methyl sites for hydroxylation is 2. The van der Waals surface area contributed by atoms with Gasteiger partial charge in [-0.2, -0.15) is 9.59 Å². The van der Waals surface area contributed by atoms with E-state index in [-0.39, 0.29) is 29.6 Å². The predicted molar refractivity (Wildman–Crippen MR) is 203 cm³/mol. The maximum absolute atomic E-state index is 12.9. The van der Waals surface area contributed by atoms with Crippen LogP contribution in [0, 0.1) is 31.6 Å². The Morgan fingerprint density at radius 3 is 1.77 bits per heavy atom. The number of nitrogens with two attached hydrogens (primary N) is 1. The smallest absolute Gasteiger partial charge is 0.326 e. The fourth-order valence-electron chi connectivity index (χ4n) is 8.50. The summed E-state index contributed by atoms with van der Waals surface area (Å²) in [6, 6.07) is 19.5. The fourth-order valence-corrected chi connectivity index (χ4v) is 10.4. The molecule has 2 atom stereocenters. The van der Waals surface area contributed by atoms with Crippen LogP contribution in [0.2, 0.25) is 0 Å². The molecule has 0 saturated carbocycles. The molecule has 6 aliphatic rings. The summed E-state index contributed by atoms with van der Waals surface area (Å²) in [5, 5.41) is 2.62. The Morgan fingerprint density at radius 2 is 1.27 bits per heavy atom. The molecule has 6 saturated heterocycles. The number of hydrogen-bond donors (Lipinski definition) is 1. The van der Waals surface area contributed by atoms with Crippen LogP contribution in [-0.2, 0) is 9.59 Å². The second-order valence-electron chi connectivity index (χ2n) is 14.8. The zero-order valence-corrected chi connectivity index (χ0v) is 31.7. The van der Waals surface area contributed by atoms with Crippen molar-refractivity contribution in [1.82, 2.24) is 9.80 Å². The summed E-state index contributed by atoms with van der Waals surface area (Å²) in [7, 11) is 0. The standard InChI is InChI=1S/C20H25NOS.C9H18N2.C9H8S.CO2.ClH/c1-13-10-16-5-4-15(11-19(16)23-13)18(22)12-17-14-6-8-21(9-7-14)20(17,2)3;1-9(2)8(10)7-3-5-11(9)6-4-7;1-7-6-8-4-2-3-5-9(8)10-7;2-1-3;/h4-5,10-11,14,17H,6-9,12H2,1-3H3;7-8H,3-6,10H2,1-2H3;2-6H,1H3;;1H/t17-;8-;;;/m11.../s1. The zero-order valence-electron chi connectivity index (χ0n) is 29.3. The van der Waals surface area contributed by atoms with E-state index in [1.165, 1.54) is 81.8 Å². The topological polar surface area (TPSA) is 83.7 Å². The SMILES string of the molecule is CC1(C)[C@H](N)C2CCN1CC2.Cc1cc2ccc(C(=O)C[C@@H]3C4CCN(CC4)C3(C)C)cc2s1.Cc1cc2ccccc2s1.Cl.O=C=O. The molecule has 48 heavy (non-hydrogen) atoms. The fraction of sp³-hybridized carbons (Fsp3) is 0.538. The highest BCUT2D eigenvalue weighted by Crippen LogP contribution is 2.46. The van der Waals surface area contributed by atoms with Gasteiger partial charge in [-0.1, -0.05) is 30.3 Å². The number of ketones is 1. The summed E-state index contributed by atoms with van der Waals surface area (Å²) >= 11 is 3.63. The van der Waals surface area contributed by atoms with Gasteiger partial charge in [0.15, 0.2) is 5.78 Å². The van der Waals surface area contributed by atoms with Gasteiger partial charge in [-0.05, 0) is 146 Å². The van der Waals surface area contributed by atoms with Crippen LogP contribution in [0.4, 0.5) is 0 Å². The molecule has 8 heterocycles. The number of nitrogens with zero attached hydrogens (tertiary/aromatic N) is 2. The van der Waals surface area contributed by atoms with Crippen LogP contribution < -0.4 is 5.73 Å². The average Bonchev–Trinajstić information content (AvgIpc) is 3.62. The Hall–Kier alpha value is -2.42. The van der Waals surface area contributed by atoms with E-state index < -0.39 is 0 Å². The van der Waals surface area contributed by atoms with Gasteiger partial charge in [-0.3, -0.25) is 14.6 Å². The van der Waals surface area contributed by atoms with Gasteiger partial charge in [0, 0.05) is 48.3 Å². The molecule has 6 aliphatic heterocycles.